The highest BCUT2D eigenvalue weighted by molar-refractivity contribution is 6.05. The lowest BCUT2D eigenvalue weighted by Gasteiger charge is -2.34. The van der Waals surface area contributed by atoms with Crippen LogP contribution in [0.1, 0.15) is 37.1 Å². The summed E-state index contributed by atoms with van der Waals surface area (Å²) in [6, 6.07) is 28.9. The first-order chi connectivity index (χ1) is 19.2. The Balaban J connectivity index is 1.42. The molecule has 7 nitrogen and oxygen atoms in total. The maximum Gasteiger partial charge on any atom is 0.223 e. The summed E-state index contributed by atoms with van der Waals surface area (Å²) in [5.41, 5.74) is 4.45. The predicted octanol–water partition coefficient (Wildman–Crippen LogP) is 5.48. The Morgan fingerprint density at radius 2 is 1.69 bits per heavy atom. The number of carbonyl (C=O) groups is 1. The highest BCUT2D eigenvalue weighted by Crippen LogP contribution is 2.37. The number of carbonyl (C=O) groups excluding carboxylic acids is 1. The number of anilines is 1. The third-order valence-corrected chi connectivity index (χ3v) is 7.78. The molecule has 0 saturated carbocycles. The second-order valence-corrected chi connectivity index (χ2v) is 10.2. The van der Waals surface area contributed by atoms with Gasteiger partial charge in [-0.25, -0.2) is 0 Å². The summed E-state index contributed by atoms with van der Waals surface area (Å²) in [6.45, 7) is 4.12. The monoisotopic (exact) mass is 521 g/mol. The van der Waals surface area contributed by atoms with Gasteiger partial charge in [0, 0.05) is 54.9 Å². The van der Waals surface area contributed by atoms with E-state index in [4.69, 9.17) is 9.84 Å². The summed E-state index contributed by atoms with van der Waals surface area (Å²) < 4.78 is 5.53. The van der Waals surface area contributed by atoms with E-state index in [1.807, 2.05) is 18.2 Å². The van der Waals surface area contributed by atoms with Crippen molar-refractivity contribution in [2.75, 3.05) is 24.7 Å². The minimum atomic E-state index is -0.317. The number of H-pyrrole nitrogens is 1. The number of para-hydroxylation sites is 2. The maximum absolute atomic E-state index is 13.6. The lowest BCUT2D eigenvalue weighted by Crippen LogP contribution is -2.51. The van der Waals surface area contributed by atoms with E-state index in [2.05, 4.69) is 100 Å². The molecule has 1 unspecified atom stereocenters. The van der Waals surface area contributed by atoms with Gasteiger partial charge in [0.1, 0.15) is 6.17 Å². The molecule has 1 aromatic heterocycles. The van der Waals surface area contributed by atoms with Gasteiger partial charge in [0.2, 0.25) is 5.91 Å². The van der Waals surface area contributed by atoms with Crippen LogP contribution in [0.5, 0.6) is 0 Å². The van der Waals surface area contributed by atoms with Crippen LogP contribution in [-0.4, -0.2) is 47.5 Å². The maximum atomic E-state index is 13.6. The molecule has 2 N–H and O–H groups in total. The summed E-state index contributed by atoms with van der Waals surface area (Å²) in [5, 5.41) is 11.9. The number of aromatic amines is 1. The van der Waals surface area contributed by atoms with E-state index in [1.165, 1.54) is 5.39 Å². The van der Waals surface area contributed by atoms with Crippen molar-refractivity contribution in [3.63, 3.8) is 0 Å². The number of amidine groups is 1. The molecular weight excluding hydrogens is 486 g/mol. The molecule has 39 heavy (non-hydrogen) atoms. The Morgan fingerprint density at radius 1 is 1.00 bits per heavy atom. The lowest BCUT2D eigenvalue weighted by molar-refractivity contribution is -0.128. The van der Waals surface area contributed by atoms with Crippen molar-refractivity contribution in [2.45, 2.75) is 38.4 Å². The Kier molecular flexibility index (Phi) is 7.32. The van der Waals surface area contributed by atoms with Gasteiger partial charge in [-0.15, -0.1) is 0 Å². The zero-order chi connectivity index (χ0) is 26.6. The van der Waals surface area contributed by atoms with Crippen molar-refractivity contribution in [1.82, 2.24) is 15.3 Å². The van der Waals surface area contributed by atoms with Crippen LogP contribution < -0.4 is 10.2 Å². The van der Waals surface area contributed by atoms with Crippen molar-refractivity contribution < 1.29 is 9.53 Å². The molecule has 6 rings (SSSR count). The number of rotatable bonds is 8. The molecule has 2 aliphatic rings. The predicted molar refractivity (Wildman–Crippen MR) is 155 cm³/mol. The van der Waals surface area contributed by atoms with Crippen molar-refractivity contribution in [1.29, 1.82) is 0 Å². The van der Waals surface area contributed by atoms with Crippen molar-refractivity contribution in [3.05, 3.63) is 102 Å². The fraction of sp³-hybridized carbons (Fsp3) is 0.312. The molecule has 2 aliphatic heterocycles. The van der Waals surface area contributed by atoms with Gasteiger partial charge in [-0.1, -0.05) is 66.7 Å². The lowest BCUT2D eigenvalue weighted by atomic mass is 9.97. The minimum absolute atomic E-state index is 0.0522. The average Bonchev–Trinajstić information content (AvgIpc) is 3.60. The number of ether oxygens (including phenoxy) is 1. The number of nitrogens with one attached hydrogen (secondary N) is 2. The molecule has 1 fully saturated rings. The van der Waals surface area contributed by atoms with Crippen LogP contribution in [-0.2, 0) is 16.0 Å². The van der Waals surface area contributed by atoms with E-state index in [9.17, 15) is 4.79 Å². The summed E-state index contributed by atoms with van der Waals surface area (Å²) in [5.74, 6) is 0.872. The zero-order valence-electron chi connectivity index (χ0n) is 22.3. The highest BCUT2D eigenvalue weighted by Gasteiger charge is 2.40. The van der Waals surface area contributed by atoms with Gasteiger partial charge in [0.15, 0.2) is 5.84 Å². The standard InChI is InChI=1S/C32H35N5O2/c1-2-36-32(24-11-5-3-6-12-24)37(26-13-7-4-8-14-26)30(35-36)29(34-31(38)23-17-19-39-20-18-23)21-25-22-33-28-16-10-9-15-27(25)28/h3-16,22-23,29,32-33H,2,17-21H2,1H3,(H,34,38)/t29-,32?/m1/s1. The molecule has 1 amide bonds. The number of hydrazone groups is 1. The quantitative estimate of drug-likeness (QED) is 0.322. The van der Waals surface area contributed by atoms with Crippen LogP contribution in [0.3, 0.4) is 0 Å². The van der Waals surface area contributed by atoms with Crippen LogP contribution in [0.15, 0.2) is 96.2 Å². The third-order valence-electron chi connectivity index (χ3n) is 7.78. The smallest absolute Gasteiger partial charge is 0.223 e. The van der Waals surface area contributed by atoms with Crippen LogP contribution in [0.4, 0.5) is 5.69 Å². The molecular formula is C32H35N5O2. The van der Waals surface area contributed by atoms with Crippen LogP contribution in [0, 0.1) is 5.92 Å². The van der Waals surface area contributed by atoms with Gasteiger partial charge >= 0.3 is 0 Å². The third kappa shape index (κ3) is 5.14. The van der Waals surface area contributed by atoms with Crippen LogP contribution in [0.2, 0.25) is 0 Å². The Labute approximate surface area is 229 Å². The van der Waals surface area contributed by atoms with Gasteiger partial charge in [-0.2, -0.15) is 5.10 Å². The normalized spacial score (nSPS) is 18.8. The second-order valence-electron chi connectivity index (χ2n) is 10.2. The summed E-state index contributed by atoms with van der Waals surface area (Å²) in [7, 11) is 0. The second kappa shape index (κ2) is 11.3. The van der Waals surface area contributed by atoms with Gasteiger partial charge in [0.25, 0.3) is 0 Å². The summed E-state index contributed by atoms with van der Waals surface area (Å²) in [4.78, 5) is 19.3. The largest absolute Gasteiger partial charge is 0.381 e. The molecule has 0 spiro atoms. The molecule has 4 aromatic rings. The molecule has 0 radical (unpaired) electrons. The van der Waals surface area contributed by atoms with Gasteiger partial charge in [0.05, 0.1) is 6.04 Å². The Morgan fingerprint density at radius 3 is 2.44 bits per heavy atom. The molecule has 0 bridgehead atoms. The number of hydrogen-bond acceptors (Lipinski definition) is 5. The molecule has 7 heteroatoms. The average molecular weight is 522 g/mol. The Hall–Kier alpha value is -4.10. The van der Waals surface area contributed by atoms with Gasteiger partial charge in [-0.3, -0.25) is 9.80 Å². The number of nitrogens with zero attached hydrogens (tertiary/aromatic N) is 3. The van der Waals surface area contributed by atoms with E-state index in [0.717, 1.165) is 47.6 Å². The molecule has 3 heterocycles. The molecule has 200 valence electrons. The number of benzene rings is 3. The zero-order valence-corrected chi connectivity index (χ0v) is 22.3. The highest BCUT2D eigenvalue weighted by atomic mass is 16.5. The minimum Gasteiger partial charge on any atom is -0.381 e. The SMILES string of the molecule is CCN1N=C([C@@H](Cc2c[nH]c3ccccc23)NC(=O)C2CCOCC2)N(c2ccccc2)C1c1ccccc1. The first kappa shape index (κ1) is 25.2. The van der Waals surface area contributed by atoms with Crippen LogP contribution >= 0.6 is 0 Å². The fourth-order valence-corrected chi connectivity index (χ4v) is 5.76. The van der Waals surface area contributed by atoms with E-state index < -0.39 is 0 Å². The molecule has 2 atom stereocenters. The molecule has 0 aliphatic carbocycles. The number of aromatic nitrogens is 1. The van der Waals surface area contributed by atoms with Crippen LogP contribution in [0.25, 0.3) is 10.9 Å². The summed E-state index contributed by atoms with van der Waals surface area (Å²) >= 11 is 0. The van der Waals surface area contributed by atoms with E-state index in [0.29, 0.717) is 19.6 Å². The Bertz CT molecular complexity index is 1430. The van der Waals surface area contributed by atoms with E-state index in [-0.39, 0.29) is 24.0 Å². The molecule has 3 aromatic carbocycles. The first-order valence-electron chi connectivity index (χ1n) is 13.9. The molecule has 1 saturated heterocycles. The van der Waals surface area contributed by atoms with Crippen molar-refractivity contribution in [2.24, 2.45) is 11.0 Å². The van der Waals surface area contributed by atoms with E-state index >= 15 is 0 Å². The number of hydrogen-bond donors (Lipinski definition) is 2. The number of fused-ring (bicyclic) bond motifs is 1. The van der Waals surface area contributed by atoms with Gasteiger partial charge in [-0.05, 0) is 49.1 Å². The number of amides is 1. The topological polar surface area (TPSA) is 73.0 Å². The van der Waals surface area contributed by atoms with Crippen molar-refractivity contribution >= 4 is 28.3 Å². The fourth-order valence-electron chi connectivity index (χ4n) is 5.76. The summed E-state index contributed by atoms with van der Waals surface area (Å²) in [6.07, 6.45) is 4.06. The first-order valence-corrected chi connectivity index (χ1v) is 13.9. The van der Waals surface area contributed by atoms with E-state index in [1.54, 1.807) is 0 Å². The van der Waals surface area contributed by atoms with Crippen molar-refractivity contribution in [3.8, 4) is 0 Å². The van der Waals surface area contributed by atoms with Gasteiger partial charge < -0.3 is 19.9 Å².